The molecule has 3 aliphatic rings. The Hall–Kier alpha value is -5.49. The first-order valence-electron chi connectivity index (χ1n) is 16.3. The second-order valence-corrected chi connectivity index (χ2v) is 12.7. The Balaban J connectivity index is 0.928. The summed E-state index contributed by atoms with van der Waals surface area (Å²) >= 11 is 0. The van der Waals surface area contributed by atoms with Gasteiger partial charge in [0.05, 0.1) is 5.69 Å². The van der Waals surface area contributed by atoms with E-state index >= 15 is 0 Å². The number of rotatable bonds is 7. The van der Waals surface area contributed by atoms with E-state index in [0.717, 1.165) is 72.8 Å². The van der Waals surface area contributed by atoms with Gasteiger partial charge in [-0.25, -0.2) is 19.6 Å². The summed E-state index contributed by atoms with van der Waals surface area (Å²) in [6.07, 6.45) is 2.94. The third kappa shape index (κ3) is 5.47. The fourth-order valence-corrected chi connectivity index (χ4v) is 7.11. The van der Waals surface area contributed by atoms with Crippen LogP contribution in [-0.4, -0.2) is 79.6 Å². The maximum Gasteiger partial charge on any atom is 0.259 e. The van der Waals surface area contributed by atoms with Crippen molar-refractivity contribution < 1.29 is 14.4 Å². The van der Waals surface area contributed by atoms with Crippen LogP contribution in [0.15, 0.2) is 67.0 Å². The zero-order chi connectivity index (χ0) is 32.9. The summed E-state index contributed by atoms with van der Waals surface area (Å²) in [6, 6.07) is 19.9. The quantitative estimate of drug-likeness (QED) is 0.266. The lowest BCUT2D eigenvalue weighted by Gasteiger charge is -2.35. The molecule has 3 amide bonds. The first kappa shape index (κ1) is 29.9. The van der Waals surface area contributed by atoms with Crippen LogP contribution in [0.25, 0.3) is 16.6 Å². The molecule has 3 aromatic carbocycles. The van der Waals surface area contributed by atoms with E-state index in [9.17, 15) is 14.4 Å². The van der Waals surface area contributed by atoms with Crippen LogP contribution < -0.4 is 15.1 Å². The number of nitrogens with zero attached hydrogens (tertiary/aromatic N) is 8. The van der Waals surface area contributed by atoms with E-state index in [2.05, 4.69) is 60.5 Å². The Labute approximate surface area is 277 Å². The highest BCUT2D eigenvalue weighted by molar-refractivity contribution is 6.27. The highest BCUT2D eigenvalue weighted by Gasteiger charge is 2.40. The van der Waals surface area contributed by atoms with Crippen LogP contribution in [-0.2, 0) is 22.6 Å². The molecule has 0 saturated carbocycles. The van der Waals surface area contributed by atoms with Gasteiger partial charge in [-0.3, -0.25) is 29.5 Å². The molecule has 0 spiro atoms. The minimum absolute atomic E-state index is 0.189. The van der Waals surface area contributed by atoms with Crippen molar-refractivity contribution in [3.05, 3.63) is 101 Å². The van der Waals surface area contributed by atoms with Gasteiger partial charge < -0.3 is 4.90 Å². The molecule has 48 heavy (non-hydrogen) atoms. The molecule has 8 rings (SSSR count). The van der Waals surface area contributed by atoms with Gasteiger partial charge in [-0.15, -0.1) is 0 Å². The number of hydrogen-bond acceptors (Lipinski definition) is 9. The zero-order valence-electron chi connectivity index (χ0n) is 26.9. The zero-order valence-corrected chi connectivity index (χ0v) is 26.9. The van der Waals surface area contributed by atoms with Crippen LogP contribution in [0.4, 0.5) is 11.5 Å². The normalized spacial score (nSPS) is 18.2. The van der Waals surface area contributed by atoms with Crippen molar-refractivity contribution in [3.8, 4) is 5.82 Å². The first-order chi connectivity index (χ1) is 23.3. The van der Waals surface area contributed by atoms with Crippen LogP contribution in [0.5, 0.6) is 0 Å². The Kier molecular flexibility index (Phi) is 7.44. The lowest BCUT2D eigenvalue weighted by atomic mass is 9.95. The van der Waals surface area contributed by atoms with Gasteiger partial charge in [0.1, 0.15) is 29.8 Å². The number of carbonyl (C=O) groups is 3. The van der Waals surface area contributed by atoms with Crippen molar-refractivity contribution in [3.63, 3.8) is 0 Å². The number of piperidine rings is 1. The standard InChI is InChI=1S/C36H35N9O3/c1-22-37-21-44(41-22)32-19-31(38-23(2)39-32)43-16-14-42(15-17-43)20-25-8-6-24(7-9-25)18-26-10-11-29-34-27(26)4-3-5-28(34)36(48)45(29)30-12-13-33(46)40-35(30)47/h3-11,19,21,30H,12-18,20H2,1-2H3,(H,40,46,47)/t30-/m1/s1. The minimum Gasteiger partial charge on any atom is -0.354 e. The number of nitrogens with one attached hydrogen (secondary N) is 1. The molecule has 2 aromatic heterocycles. The van der Waals surface area contributed by atoms with Gasteiger partial charge in [0.25, 0.3) is 5.91 Å². The van der Waals surface area contributed by atoms with E-state index in [1.165, 1.54) is 11.1 Å². The van der Waals surface area contributed by atoms with Crippen molar-refractivity contribution in [2.45, 2.75) is 45.7 Å². The van der Waals surface area contributed by atoms with Crippen LogP contribution in [0.3, 0.4) is 0 Å². The van der Waals surface area contributed by atoms with E-state index in [1.807, 2.05) is 44.2 Å². The second-order valence-electron chi connectivity index (χ2n) is 12.7. The molecular formula is C36H35N9O3. The van der Waals surface area contributed by atoms with Gasteiger partial charge in [0, 0.05) is 56.2 Å². The second kappa shape index (κ2) is 11.9. The van der Waals surface area contributed by atoms with E-state index < -0.39 is 11.9 Å². The monoisotopic (exact) mass is 641 g/mol. The molecule has 12 nitrogen and oxygen atoms in total. The average Bonchev–Trinajstić information content (AvgIpc) is 3.65. The maximum absolute atomic E-state index is 13.5. The fraction of sp³-hybridized carbons (Fsp3) is 0.306. The number of benzene rings is 3. The number of imide groups is 1. The van der Waals surface area contributed by atoms with E-state index in [0.29, 0.717) is 23.6 Å². The Morgan fingerprint density at radius 2 is 1.62 bits per heavy atom. The van der Waals surface area contributed by atoms with Crippen molar-refractivity contribution in [2.75, 3.05) is 36.0 Å². The number of carbonyl (C=O) groups excluding carboxylic acids is 3. The summed E-state index contributed by atoms with van der Waals surface area (Å²) in [6.45, 7) is 8.24. The molecule has 242 valence electrons. The molecule has 3 aliphatic heterocycles. The average molecular weight is 642 g/mol. The molecule has 0 bridgehead atoms. The molecule has 5 heterocycles. The molecule has 12 heteroatoms. The SMILES string of the molecule is Cc1nc(N2CCN(Cc3ccc(Cc4ccc5c6c(cccc46)C(=O)N5[C@@H]4CCC(=O)NC4=O)cc3)CC2)cc(-n2cnc(C)n2)n1. The van der Waals surface area contributed by atoms with Gasteiger partial charge in [-0.05, 0) is 60.9 Å². The molecule has 0 radical (unpaired) electrons. The number of aromatic nitrogens is 5. The molecule has 5 aromatic rings. The lowest BCUT2D eigenvalue weighted by molar-refractivity contribution is -0.134. The van der Waals surface area contributed by atoms with Gasteiger partial charge in [-0.2, -0.15) is 5.10 Å². The lowest BCUT2D eigenvalue weighted by Crippen LogP contribution is -2.53. The van der Waals surface area contributed by atoms with Crippen LogP contribution in [0.2, 0.25) is 0 Å². The topological polar surface area (TPSA) is 129 Å². The number of anilines is 2. The third-order valence-corrected chi connectivity index (χ3v) is 9.51. The highest BCUT2D eigenvalue weighted by Crippen LogP contribution is 2.41. The van der Waals surface area contributed by atoms with Crippen LogP contribution in [0, 0.1) is 13.8 Å². The molecule has 2 saturated heterocycles. The Bertz CT molecular complexity index is 2080. The van der Waals surface area contributed by atoms with Gasteiger partial charge in [-0.1, -0.05) is 42.5 Å². The van der Waals surface area contributed by atoms with Crippen molar-refractivity contribution in [1.29, 1.82) is 0 Å². The number of aryl methyl sites for hydroxylation is 2. The fourth-order valence-electron chi connectivity index (χ4n) is 7.11. The van der Waals surface area contributed by atoms with E-state index in [1.54, 1.807) is 15.9 Å². The minimum atomic E-state index is -0.689. The predicted molar refractivity (Wildman–Crippen MR) is 180 cm³/mol. The van der Waals surface area contributed by atoms with Crippen molar-refractivity contribution in [1.82, 2.24) is 34.9 Å². The Morgan fingerprint density at radius 3 is 2.38 bits per heavy atom. The molecular weight excluding hydrogens is 606 g/mol. The summed E-state index contributed by atoms with van der Waals surface area (Å²) in [7, 11) is 0. The molecule has 2 fully saturated rings. The van der Waals surface area contributed by atoms with Gasteiger partial charge in [0.15, 0.2) is 5.82 Å². The maximum atomic E-state index is 13.5. The molecule has 0 unspecified atom stereocenters. The molecule has 1 atom stereocenters. The number of hydrogen-bond donors (Lipinski definition) is 1. The summed E-state index contributed by atoms with van der Waals surface area (Å²) in [5, 5.41) is 8.68. The number of amides is 3. The summed E-state index contributed by atoms with van der Waals surface area (Å²) in [5.74, 6) is 2.14. The summed E-state index contributed by atoms with van der Waals surface area (Å²) in [5.41, 5.74) is 4.91. The Morgan fingerprint density at radius 1 is 0.854 bits per heavy atom. The van der Waals surface area contributed by atoms with Crippen LogP contribution in [0.1, 0.15) is 51.5 Å². The first-order valence-corrected chi connectivity index (χ1v) is 16.3. The van der Waals surface area contributed by atoms with Crippen molar-refractivity contribution >= 4 is 40.0 Å². The third-order valence-electron chi connectivity index (χ3n) is 9.51. The summed E-state index contributed by atoms with van der Waals surface area (Å²) < 4.78 is 1.69. The smallest absolute Gasteiger partial charge is 0.259 e. The predicted octanol–water partition coefficient (Wildman–Crippen LogP) is 3.51. The largest absolute Gasteiger partial charge is 0.354 e. The van der Waals surface area contributed by atoms with Gasteiger partial charge >= 0.3 is 0 Å². The highest BCUT2D eigenvalue weighted by atomic mass is 16.2. The van der Waals surface area contributed by atoms with Crippen molar-refractivity contribution in [2.24, 2.45) is 0 Å². The summed E-state index contributed by atoms with van der Waals surface area (Å²) in [4.78, 5) is 57.7. The van der Waals surface area contributed by atoms with Crippen LogP contribution >= 0.6 is 0 Å². The molecule has 1 N–H and O–H groups in total. The van der Waals surface area contributed by atoms with Gasteiger partial charge in [0.2, 0.25) is 11.8 Å². The number of piperazine rings is 1. The van der Waals surface area contributed by atoms with E-state index in [4.69, 9.17) is 4.98 Å². The molecule has 0 aliphatic carbocycles. The van der Waals surface area contributed by atoms with E-state index in [-0.39, 0.29) is 18.2 Å².